The highest BCUT2D eigenvalue weighted by molar-refractivity contribution is 5.80. The topological polar surface area (TPSA) is 138 Å². The molecule has 4 aromatic rings. The predicted molar refractivity (Wildman–Crippen MR) is 130 cm³/mol. The molecule has 0 aliphatic rings. The maximum absolute atomic E-state index is 12.9. The molecule has 182 valence electrons. The van der Waals surface area contributed by atoms with Gasteiger partial charge >= 0.3 is 5.69 Å². The van der Waals surface area contributed by atoms with Crippen LogP contribution in [0.1, 0.15) is 5.56 Å². The van der Waals surface area contributed by atoms with Gasteiger partial charge in [-0.15, -0.1) is 0 Å². The molecular formula is C23H25N7O5. The lowest BCUT2D eigenvalue weighted by Gasteiger charge is -2.15. The number of hydrazone groups is 1. The van der Waals surface area contributed by atoms with Gasteiger partial charge in [0.25, 0.3) is 5.56 Å². The predicted octanol–water partition coefficient (Wildman–Crippen LogP) is 0.723. The Morgan fingerprint density at radius 1 is 1.09 bits per heavy atom. The first-order valence-electron chi connectivity index (χ1n) is 10.7. The number of rotatable bonds is 9. The average Bonchev–Trinajstić information content (AvgIpc) is 3.24. The summed E-state index contributed by atoms with van der Waals surface area (Å²) in [5.74, 6) is 1.43. The number of nitrogens with zero attached hydrogens (tertiary/aromatic N) is 6. The van der Waals surface area contributed by atoms with Gasteiger partial charge in [0.1, 0.15) is 24.2 Å². The summed E-state index contributed by atoms with van der Waals surface area (Å²) in [6.07, 6.45) is 3.83. The Labute approximate surface area is 199 Å². The summed E-state index contributed by atoms with van der Waals surface area (Å²) in [6.45, 7) is -0.0784. The molecule has 0 aliphatic heterocycles. The summed E-state index contributed by atoms with van der Waals surface area (Å²) in [5.41, 5.74) is 2.88. The van der Waals surface area contributed by atoms with Gasteiger partial charge in [-0.2, -0.15) is 10.1 Å². The molecule has 0 aliphatic carbocycles. The first kappa shape index (κ1) is 23.7. The van der Waals surface area contributed by atoms with E-state index in [1.807, 2.05) is 0 Å². The van der Waals surface area contributed by atoms with Crippen LogP contribution in [0.3, 0.4) is 0 Å². The Bertz CT molecular complexity index is 1460. The second kappa shape index (κ2) is 10.2. The summed E-state index contributed by atoms with van der Waals surface area (Å²) in [6, 6.07) is 10.5. The lowest BCUT2D eigenvalue weighted by atomic mass is 10.3. The number of aliphatic hydroxyl groups excluding tert-OH is 1. The summed E-state index contributed by atoms with van der Waals surface area (Å²) >= 11 is 0. The molecule has 2 N–H and O–H groups in total. The second-order valence-electron chi connectivity index (χ2n) is 7.71. The third kappa shape index (κ3) is 5.06. The highest BCUT2D eigenvalue weighted by Crippen LogP contribution is 2.19. The molecule has 3 aromatic heterocycles. The molecule has 3 heterocycles. The quantitative estimate of drug-likeness (QED) is 0.265. The maximum atomic E-state index is 12.9. The molecule has 1 atom stereocenters. The lowest BCUT2D eigenvalue weighted by molar-refractivity contribution is 0.0938. The molecule has 12 nitrogen and oxygen atoms in total. The van der Waals surface area contributed by atoms with Gasteiger partial charge in [0.15, 0.2) is 11.2 Å². The van der Waals surface area contributed by atoms with E-state index in [9.17, 15) is 14.7 Å². The number of imidazole rings is 1. The van der Waals surface area contributed by atoms with E-state index in [1.165, 1.54) is 23.2 Å². The van der Waals surface area contributed by atoms with Crippen LogP contribution < -0.4 is 26.1 Å². The summed E-state index contributed by atoms with van der Waals surface area (Å²) in [5, 5.41) is 14.9. The maximum Gasteiger partial charge on any atom is 0.332 e. The van der Waals surface area contributed by atoms with Gasteiger partial charge in [0.05, 0.1) is 19.9 Å². The van der Waals surface area contributed by atoms with E-state index in [-0.39, 0.29) is 30.3 Å². The van der Waals surface area contributed by atoms with E-state index in [1.54, 1.807) is 62.1 Å². The highest BCUT2D eigenvalue weighted by atomic mass is 16.5. The summed E-state index contributed by atoms with van der Waals surface area (Å²) < 4.78 is 14.5. The van der Waals surface area contributed by atoms with Gasteiger partial charge in [-0.25, -0.2) is 10.2 Å². The van der Waals surface area contributed by atoms with Crippen molar-refractivity contribution >= 4 is 23.3 Å². The number of fused-ring (bicyclic) bond motifs is 1. The first-order chi connectivity index (χ1) is 16.9. The SMILES string of the molecule is COc1ccc(OC[C@@H](O)Cn2c(N/N=C/c3ccncc3)nc3c2c(=O)n(C)c(=O)n3C)cc1. The van der Waals surface area contributed by atoms with Crippen LogP contribution in [0.15, 0.2) is 63.5 Å². The van der Waals surface area contributed by atoms with Gasteiger partial charge < -0.3 is 19.1 Å². The Balaban J connectivity index is 1.62. The van der Waals surface area contributed by atoms with Crippen molar-refractivity contribution in [3.63, 3.8) is 0 Å². The molecule has 0 fully saturated rings. The number of methoxy groups -OCH3 is 1. The third-order valence-corrected chi connectivity index (χ3v) is 5.33. The van der Waals surface area contributed by atoms with Crippen LogP contribution in [-0.4, -0.2) is 54.8 Å². The molecule has 0 amide bonds. The molecule has 0 bridgehead atoms. The fourth-order valence-corrected chi connectivity index (χ4v) is 3.45. The lowest BCUT2D eigenvalue weighted by Crippen LogP contribution is -2.38. The molecule has 12 heteroatoms. The van der Waals surface area contributed by atoms with E-state index >= 15 is 0 Å². The van der Waals surface area contributed by atoms with Crippen LogP contribution in [0.2, 0.25) is 0 Å². The standard InChI is InChI=1S/C23H25N7O5/c1-28-20-19(21(32)29(2)23(28)33)30(22(26-20)27-25-12-15-8-10-24-11-9-15)13-16(31)14-35-18-6-4-17(34-3)5-7-18/h4-12,16,31H,13-14H2,1-3H3,(H,26,27)/b25-12+/t16-/m0/s1. The second-order valence-corrected chi connectivity index (χ2v) is 7.71. The minimum Gasteiger partial charge on any atom is -0.497 e. The van der Waals surface area contributed by atoms with Crippen LogP contribution in [-0.2, 0) is 20.6 Å². The fourth-order valence-electron chi connectivity index (χ4n) is 3.45. The smallest absolute Gasteiger partial charge is 0.332 e. The zero-order valence-corrected chi connectivity index (χ0v) is 19.5. The zero-order chi connectivity index (χ0) is 24.9. The number of hydrogen-bond acceptors (Lipinski definition) is 9. The zero-order valence-electron chi connectivity index (χ0n) is 19.5. The Hall–Kier alpha value is -4.45. The van der Waals surface area contributed by atoms with E-state index in [0.717, 1.165) is 10.1 Å². The van der Waals surface area contributed by atoms with Crippen molar-refractivity contribution in [2.75, 3.05) is 19.1 Å². The van der Waals surface area contributed by atoms with Crippen LogP contribution in [0.4, 0.5) is 5.95 Å². The number of aliphatic hydroxyl groups is 1. The number of ether oxygens (including phenoxy) is 2. The van der Waals surface area contributed by atoms with Crippen molar-refractivity contribution < 1.29 is 14.6 Å². The van der Waals surface area contributed by atoms with E-state index in [0.29, 0.717) is 11.5 Å². The van der Waals surface area contributed by atoms with Gasteiger partial charge in [-0.1, -0.05) is 0 Å². The minimum absolute atomic E-state index is 0.0345. The number of aryl methyl sites for hydroxylation is 1. The van der Waals surface area contributed by atoms with Crippen LogP contribution in [0.25, 0.3) is 11.2 Å². The molecular weight excluding hydrogens is 454 g/mol. The summed E-state index contributed by atoms with van der Waals surface area (Å²) in [7, 11) is 4.48. The van der Waals surface area contributed by atoms with E-state index in [4.69, 9.17) is 9.47 Å². The molecule has 0 saturated carbocycles. The van der Waals surface area contributed by atoms with Crippen LogP contribution >= 0.6 is 0 Å². The number of nitrogens with one attached hydrogen (secondary N) is 1. The summed E-state index contributed by atoms with van der Waals surface area (Å²) in [4.78, 5) is 33.7. The van der Waals surface area contributed by atoms with E-state index in [2.05, 4.69) is 20.5 Å². The third-order valence-electron chi connectivity index (χ3n) is 5.33. The molecule has 0 saturated heterocycles. The van der Waals surface area contributed by atoms with Crippen molar-refractivity contribution in [1.82, 2.24) is 23.7 Å². The Kier molecular flexibility index (Phi) is 6.92. The molecule has 1 aromatic carbocycles. The number of anilines is 1. The van der Waals surface area contributed by atoms with Crippen LogP contribution in [0, 0.1) is 0 Å². The van der Waals surface area contributed by atoms with Crippen molar-refractivity contribution in [2.45, 2.75) is 12.6 Å². The molecule has 0 radical (unpaired) electrons. The average molecular weight is 479 g/mol. The largest absolute Gasteiger partial charge is 0.497 e. The first-order valence-corrected chi connectivity index (χ1v) is 10.7. The number of benzene rings is 1. The van der Waals surface area contributed by atoms with Gasteiger partial charge in [0, 0.05) is 26.5 Å². The monoisotopic (exact) mass is 479 g/mol. The molecule has 0 unspecified atom stereocenters. The Morgan fingerprint density at radius 2 is 1.77 bits per heavy atom. The van der Waals surface area contributed by atoms with Crippen molar-refractivity contribution in [1.29, 1.82) is 0 Å². The minimum atomic E-state index is -0.999. The van der Waals surface area contributed by atoms with Gasteiger partial charge in [-0.3, -0.25) is 18.9 Å². The van der Waals surface area contributed by atoms with E-state index < -0.39 is 17.4 Å². The number of hydrogen-bond donors (Lipinski definition) is 2. The molecule has 0 spiro atoms. The highest BCUT2D eigenvalue weighted by Gasteiger charge is 2.21. The molecule has 4 rings (SSSR count). The van der Waals surface area contributed by atoms with Gasteiger partial charge in [0.2, 0.25) is 5.95 Å². The Morgan fingerprint density at radius 3 is 2.46 bits per heavy atom. The fraction of sp³-hybridized carbons (Fsp3) is 0.261. The van der Waals surface area contributed by atoms with Crippen molar-refractivity contribution in [3.05, 3.63) is 75.2 Å². The number of aromatic nitrogens is 5. The van der Waals surface area contributed by atoms with Crippen LogP contribution in [0.5, 0.6) is 11.5 Å². The van der Waals surface area contributed by atoms with Gasteiger partial charge in [-0.05, 0) is 42.0 Å². The van der Waals surface area contributed by atoms with Crippen molar-refractivity contribution in [3.8, 4) is 11.5 Å². The molecule has 35 heavy (non-hydrogen) atoms. The van der Waals surface area contributed by atoms with Crippen molar-refractivity contribution in [2.24, 2.45) is 19.2 Å². The number of pyridine rings is 1. The normalized spacial score (nSPS) is 12.2.